The molecule has 0 aliphatic rings. The number of nitrogens with zero attached hydrogens (tertiary/aromatic N) is 1. The molecule has 0 N–H and O–H groups in total. The fourth-order valence-electron chi connectivity index (χ4n) is 1.83. The Bertz CT molecular complexity index is 533. The Morgan fingerprint density at radius 2 is 2.05 bits per heavy atom. The quantitative estimate of drug-likeness (QED) is 0.752. The van der Waals surface area contributed by atoms with Crippen molar-refractivity contribution in [3.63, 3.8) is 0 Å². The van der Waals surface area contributed by atoms with E-state index in [-0.39, 0.29) is 17.7 Å². The first-order valence-corrected chi connectivity index (χ1v) is 6.70. The molecule has 0 saturated carbocycles. The minimum Gasteiger partial charge on any atom is -0.484 e. The lowest BCUT2D eigenvalue weighted by Crippen LogP contribution is -2.07. The highest BCUT2D eigenvalue weighted by atomic mass is 35.5. The molecule has 1 aromatic carbocycles. The number of benzene rings is 1. The normalized spacial score (nSPS) is 12.2. The number of aromatic nitrogens is 1. The first-order valence-electron chi connectivity index (χ1n) is 6.16. The molecule has 4 heteroatoms. The van der Waals surface area contributed by atoms with Gasteiger partial charge in [-0.15, -0.1) is 11.6 Å². The Morgan fingerprint density at radius 3 is 2.63 bits per heavy atom. The highest BCUT2D eigenvalue weighted by Crippen LogP contribution is 2.25. The lowest BCUT2D eigenvalue weighted by atomic mass is 10.1. The molecule has 0 radical (unpaired) electrons. The zero-order valence-electron chi connectivity index (χ0n) is 10.6. The van der Waals surface area contributed by atoms with Crippen LogP contribution in [0.2, 0.25) is 0 Å². The molecule has 2 rings (SSSR count). The predicted molar refractivity (Wildman–Crippen MR) is 73.9 cm³/mol. The average Bonchev–Trinajstić information content (AvgIpc) is 2.46. The zero-order valence-corrected chi connectivity index (χ0v) is 11.4. The summed E-state index contributed by atoms with van der Waals surface area (Å²) >= 11 is 5.57. The van der Waals surface area contributed by atoms with Gasteiger partial charge in [-0.25, -0.2) is 4.39 Å². The summed E-state index contributed by atoms with van der Waals surface area (Å²) in [7, 11) is 0. The second-order valence-electron chi connectivity index (χ2n) is 4.16. The van der Waals surface area contributed by atoms with E-state index in [9.17, 15) is 4.39 Å². The van der Waals surface area contributed by atoms with Gasteiger partial charge in [-0.05, 0) is 12.0 Å². The third-order valence-electron chi connectivity index (χ3n) is 2.84. The van der Waals surface area contributed by atoms with Gasteiger partial charge < -0.3 is 4.74 Å². The maximum Gasteiger partial charge on any atom is 0.149 e. The largest absolute Gasteiger partial charge is 0.484 e. The molecule has 1 aromatic heterocycles. The van der Waals surface area contributed by atoms with Gasteiger partial charge in [-0.1, -0.05) is 37.3 Å². The van der Waals surface area contributed by atoms with Gasteiger partial charge in [0.05, 0.1) is 17.8 Å². The number of hydrogen-bond acceptors (Lipinski definition) is 2. The molecule has 1 heterocycles. The van der Waals surface area contributed by atoms with Crippen LogP contribution in [0.4, 0.5) is 4.39 Å². The SMILES string of the molecule is CC[C@H](Oc1cnc(CCl)c(F)c1)c1ccccc1. The fraction of sp³-hybridized carbons (Fsp3) is 0.267. The topological polar surface area (TPSA) is 22.1 Å². The van der Waals surface area contributed by atoms with E-state index in [0.717, 1.165) is 12.0 Å². The molecule has 0 unspecified atom stereocenters. The molecular weight excluding hydrogens is 265 g/mol. The lowest BCUT2D eigenvalue weighted by Gasteiger charge is -2.18. The molecular formula is C15H15ClFNO. The summed E-state index contributed by atoms with van der Waals surface area (Å²) < 4.78 is 19.4. The number of ether oxygens (including phenoxy) is 1. The van der Waals surface area contributed by atoms with E-state index in [0.29, 0.717) is 5.75 Å². The number of rotatable bonds is 5. The van der Waals surface area contributed by atoms with Crippen LogP contribution >= 0.6 is 11.6 Å². The van der Waals surface area contributed by atoms with E-state index in [1.54, 1.807) is 0 Å². The van der Waals surface area contributed by atoms with Gasteiger partial charge in [0.25, 0.3) is 0 Å². The Balaban J connectivity index is 2.17. The van der Waals surface area contributed by atoms with Crippen molar-refractivity contribution in [2.45, 2.75) is 25.3 Å². The predicted octanol–water partition coefficient (Wildman–Crippen LogP) is 4.49. The number of hydrogen-bond donors (Lipinski definition) is 0. The smallest absolute Gasteiger partial charge is 0.149 e. The van der Waals surface area contributed by atoms with Crippen LogP contribution in [0.3, 0.4) is 0 Å². The molecule has 0 aliphatic carbocycles. The second kappa shape index (κ2) is 6.53. The van der Waals surface area contributed by atoms with Crippen molar-refractivity contribution < 1.29 is 9.13 Å². The molecule has 0 fully saturated rings. The summed E-state index contributed by atoms with van der Waals surface area (Å²) in [4.78, 5) is 3.95. The van der Waals surface area contributed by atoms with Crippen LogP contribution in [-0.2, 0) is 5.88 Å². The van der Waals surface area contributed by atoms with Gasteiger partial charge in [0.1, 0.15) is 17.7 Å². The molecule has 0 aliphatic heterocycles. The van der Waals surface area contributed by atoms with Crippen LogP contribution < -0.4 is 4.74 Å². The van der Waals surface area contributed by atoms with Crippen molar-refractivity contribution >= 4 is 11.6 Å². The van der Waals surface area contributed by atoms with E-state index < -0.39 is 5.82 Å². The Morgan fingerprint density at radius 1 is 1.32 bits per heavy atom. The lowest BCUT2D eigenvalue weighted by molar-refractivity contribution is 0.199. The molecule has 100 valence electrons. The minimum absolute atomic E-state index is 0.0575. The molecule has 1 atom stereocenters. The average molecular weight is 280 g/mol. The summed E-state index contributed by atoms with van der Waals surface area (Å²) in [5.74, 6) is 0.0413. The molecule has 0 amide bonds. The van der Waals surface area contributed by atoms with Crippen LogP contribution in [0, 0.1) is 5.82 Å². The highest BCUT2D eigenvalue weighted by Gasteiger charge is 2.12. The van der Waals surface area contributed by atoms with Crippen molar-refractivity contribution in [2.75, 3.05) is 0 Å². The summed E-state index contributed by atoms with van der Waals surface area (Å²) in [6.45, 7) is 2.02. The van der Waals surface area contributed by atoms with Crippen LogP contribution in [0.1, 0.15) is 30.7 Å². The van der Waals surface area contributed by atoms with Crippen molar-refractivity contribution in [1.29, 1.82) is 0 Å². The molecule has 2 aromatic rings. The minimum atomic E-state index is -0.435. The number of halogens is 2. The van der Waals surface area contributed by atoms with Crippen LogP contribution in [-0.4, -0.2) is 4.98 Å². The third-order valence-corrected chi connectivity index (χ3v) is 3.09. The van der Waals surface area contributed by atoms with Gasteiger partial charge in [-0.2, -0.15) is 0 Å². The van der Waals surface area contributed by atoms with Crippen LogP contribution in [0.5, 0.6) is 5.75 Å². The first kappa shape index (κ1) is 13.8. The maximum absolute atomic E-state index is 13.6. The summed E-state index contributed by atoms with van der Waals surface area (Å²) in [5, 5.41) is 0. The highest BCUT2D eigenvalue weighted by molar-refractivity contribution is 6.16. The second-order valence-corrected chi connectivity index (χ2v) is 4.43. The Labute approximate surface area is 117 Å². The Kier molecular flexibility index (Phi) is 4.74. The summed E-state index contributed by atoms with van der Waals surface area (Å²) in [6.07, 6.45) is 2.19. The van der Waals surface area contributed by atoms with Gasteiger partial charge in [-0.3, -0.25) is 4.98 Å². The molecule has 2 nitrogen and oxygen atoms in total. The first-order chi connectivity index (χ1) is 9.24. The molecule has 0 spiro atoms. The van der Waals surface area contributed by atoms with Crippen LogP contribution in [0.15, 0.2) is 42.6 Å². The summed E-state index contributed by atoms with van der Waals surface area (Å²) in [5.41, 5.74) is 1.30. The van der Waals surface area contributed by atoms with Crippen molar-refractivity contribution in [2.24, 2.45) is 0 Å². The maximum atomic E-state index is 13.6. The summed E-state index contributed by atoms with van der Waals surface area (Å²) in [6, 6.07) is 11.2. The monoisotopic (exact) mass is 279 g/mol. The van der Waals surface area contributed by atoms with Gasteiger partial charge in [0, 0.05) is 6.07 Å². The van der Waals surface area contributed by atoms with E-state index in [1.165, 1.54) is 12.3 Å². The van der Waals surface area contributed by atoms with E-state index >= 15 is 0 Å². The standard InChI is InChI=1S/C15H15ClFNO/c1-2-15(11-6-4-3-5-7-11)19-12-8-13(17)14(9-16)18-10-12/h3-8,10,15H,2,9H2,1H3/t15-/m0/s1. The fourth-order valence-corrected chi connectivity index (χ4v) is 2.03. The zero-order chi connectivity index (χ0) is 13.7. The van der Waals surface area contributed by atoms with E-state index in [1.807, 2.05) is 37.3 Å². The van der Waals surface area contributed by atoms with Gasteiger partial charge >= 0.3 is 0 Å². The van der Waals surface area contributed by atoms with Crippen molar-refractivity contribution in [3.8, 4) is 5.75 Å². The van der Waals surface area contributed by atoms with E-state index in [2.05, 4.69) is 4.98 Å². The van der Waals surface area contributed by atoms with Gasteiger partial charge in [0.15, 0.2) is 0 Å². The van der Waals surface area contributed by atoms with E-state index in [4.69, 9.17) is 16.3 Å². The Hall–Kier alpha value is -1.61. The third kappa shape index (κ3) is 3.44. The van der Waals surface area contributed by atoms with Gasteiger partial charge in [0.2, 0.25) is 0 Å². The number of alkyl halides is 1. The van der Waals surface area contributed by atoms with Crippen molar-refractivity contribution in [1.82, 2.24) is 4.98 Å². The molecule has 19 heavy (non-hydrogen) atoms. The molecule has 0 saturated heterocycles. The van der Waals surface area contributed by atoms with Crippen LogP contribution in [0.25, 0.3) is 0 Å². The molecule has 0 bridgehead atoms. The van der Waals surface area contributed by atoms with Crippen molar-refractivity contribution in [3.05, 3.63) is 59.7 Å². The number of pyridine rings is 1.